The summed E-state index contributed by atoms with van der Waals surface area (Å²) in [5, 5.41) is 13.9. The molecular formula is C16H15N5O2. The highest BCUT2D eigenvalue weighted by Crippen LogP contribution is 2.15. The first-order chi connectivity index (χ1) is 11.2. The van der Waals surface area contributed by atoms with Gasteiger partial charge in [-0.3, -0.25) is 4.79 Å². The van der Waals surface area contributed by atoms with E-state index in [9.17, 15) is 4.79 Å². The van der Waals surface area contributed by atoms with Gasteiger partial charge in [-0.1, -0.05) is 18.2 Å². The molecule has 2 aromatic carbocycles. The Labute approximate surface area is 132 Å². The van der Waals surface area contributed by atoms with Crippen LogP contribution in [-0.2, 0) is 13.7 Å². The quantitative estimate of drug-likeness (QED) is 0.780. The Morgan fingerprint density at radius 1 is 1.13 bits per heavy atom. The van der Waals surface area contributed by atoms with Gasteiger partial charge in [-0.2, -0.15) is 0 Å². The molecule has 0 atom stereocenters. The van der Waals surface area contributed by atoms with Crippen LogP contribution in [0.1, 0.15) is 16.2 Å². The van der Waals surface area contributed by atoms with Crippen molar-refractivity contribution in [3.8, 4) is 5.75 Å². The van der Waals surface area contributed by atoms with E-state index < -0.39 is 0 Å². The fourth-order valence-corrected chi connectivity index (χ4v) is 1.95. The van der Waals surface area contributed by atoms with Crippen molar-refractivity contribution in [3.63, 3.8) is 0 Å². The molecule has 0 aliphatic rings. The summed E-state index contributed by atoms with van der Waals surface area (Å²) in [6.07, 6.45) is 0. The summed E-state index contributed by atoms with van der Waals surface area (Å²) >= 11 is 0. The topological polar surface area (TPSA) is 81.9 Å². The monoisotopic (exact) mass is 309 g/mol. The predicted molar refractivity (Wildman–Crippen MR) is 84.0 cm³/mol. The van der Waals surface area contributed by atoms with E-state index in [4.69, 9.17) is 4.74 Å². The van der Waals surface area contributed by atoms with Crippen LogP contribution in [-0.4, -0.2) is 26.1 Å². The zero-order chi connectivity index (χ0) is 16.1. The molecule has 1 amide bonds. The van der Waals surface area contributed by atoms with Gasteiger partial charge in [0.15, 0.2) is 5.82 Å². The standard InChI is InChI=1S/C16H15N5O2/c1-21-15(18-19-20-21)11-23-14-9-7-12(8-10-14)16(22)17-13-5-3-2-4-6-13/h2-10H,11H2,1H3,(H,17,22). The molecule has 116 valence electrons. The van der Waals surface area contributed by atoms with Crippen LogP contribution in [0.15, 0.2) is 54.6 Å². The molecule has 1 N–H and O–H groups in total. The first kappa shape index (κ1) is 14.7. The second kappa shape index (κ2) is 6.69. The Balaban J connectivity index is 1.60. The van der Waals surface area contributed by atoms with Gasteiger partial charge in [0.2, 0.25) is 0 Å². The van der Waals surface area contributed by atoms with Crippen LogP contribution in [0, 0.1) is 0 Å². The van der Waals surface area contributed by atoms with Gasteiger partial charge < -0.3 is 10.1 Å². The first-order valence-corrected chi connectivity index (χ1v) is 7.03. The summed E-state index contributed by atoms with van der Waals surface area (Å²) in [6, 6.07) is 16.2. The van der Waals surface area contributed by atoms with Gasteiger partial charge in [-0.25, -0.2) is 4.68 Å². The molecule has 23 heavy (non-hydrogen) atoms. The molecule has 7 heteroatoms. The van der Waals surface area contributed by atoms with E-state index in [0.717, 1.165) is 5.69 Å². The fraction of sp³-hybridized carbons (Fsp3) is 0.125. The summed E-state index contributed by atoms with van der Waals surface area (Å²) in [7, 11) is 1.75. The molecule has 0 fully saturated rings. The summed E-state index contributed by atoms with van der Waals surface area (Å²) in [4.78, 5) is 12.1. The van der Waals surface area contributed by atoms with Gasteiger partial charge in [0.25, 0.3) is 5.91 Å². The average molecular weight is 309 g/mol. The molecule has 0 aliphatic carbocycles. The third kappa shape index (κ3) is 3.70. The molecule has 7 nitrogen and oxygen atoms in total. The van der Waals surface area contributed by atoms with Gasteiger partial charge >= 0.3 is 0 Å². The number of rotatable bonds is 5. The van der Waals surface area contributed by atoms with E-state index in [1.165, 1.54) is 0 Å². The molecule has 1 heterocycles. The lowest BCUT2D eigenvalue weighted by atomic mass is 10.2. The third-order valence-electron chi connectivity index (χ3n) is 3.22. The van der Waals surface area contributed by atoms with Crippen LogP contribution in [0.2, 0.25) is 0 Å². The summed E-state index contributed by atoms with van der Waals surface area (Å²) in [5.74, 6) is 1.10. The fourth-order valence-electron chi connectivity index (χ4n) is 1.95. The van der Waals surface area contributed by atoms with Crippen LogP contribution in [0.5, 0.6) is 5.75 Å². The Morgan fingerprint density at radius 2 is 1.87 bits per heavy atom. The van der Waals surface area contributed by atoms with Crippen molar-refractivity contribution in [1.29, 1.82) is 0 Å². The number of tetrazole rings is 1. The highest BCUT2D eigenvalue weighted by Gasteiger charge is 2.07. The van der Waals surface area contributed by atoms with E-state index in [-0.39, 0.29) is 12.5 Å². The van der Waals surface area contributed by atoms with Gasteiger partial charge in [0, 0.05) is 18.3 Å². The minimum Gasteiger partial charge on any atom is -0.486 e. The van der Waals surface area contributed by atoms with Crippen LogP contribution in [0.4, 0.5) is 5.69 Å². The number of hydrogen-bond acceptors (Lipinski definition) is 5. The highest BCUT2D eigenvalue weighted by atomic mass is 16.5. The minimum absolute atomic E-state index is 0.166. The highest BCUT2D eigenvalue weighted by molar-refractivity contribution is 6.04. The van der Waals surface area contributed by atoms with E-state index >= 15 is 0 Å². The first-order valence-electron chi connectivity index (χ1n) is 7.03. The normalized spacial score (nSPS) is 10.3. The number of anilines is 1. The number of carbonyl (C=O) groups excluding carboxylic acids is 1. The van der Waals surface area contributed by atoms with Crippen LogP contribution in [0.3, 0.4) is 0 Å². The molecule has 0 saturated carbocycles. The van der Waals surface area contributed by atoms with Crippen LogP contribution < -0.4 is 10.1 Å². The number of ether oxygens (including phenoxy) is 1. The maximum atomic E-state index is 12.1. The zero-order valence-electron chi connectivity index (χ0n) is 12.5. The summed E-state index contributed by atoms with van der Waals surface area (Å²) in [5.41, 5.74) is 1.31. The van der Waals surface area contributed by atoms with Gasteiger partial charge in [0.1, 0.15) is 12.4 Å². The Bertz CT molecular complexity index is 784. The summed E-state index contributed by atoms with van der Waals surface area (Å²) in [6.45, 7) is 0.263. The second-order valence-corrected chi connectivity index (χ2v) is 4.85. The number of para-hydroxylation sites is 1. The van der Waals surface area contributed by atoms with Crippen molar-refractivity contribution < 1.29 is 9.53 Å². The van der Waals surface area contributed by atoms with Gasteiger partial charge in [-0.05, 0) is 46.8 Å². The Morgan fingerprint density at radius 3 is 2.52 bits per heavy atom. The number of nitrogens with zero attached hydrogens (tertiary/aromatic N) is 4. The lowest BCUT2D eigenvalue weighted by molar-refractivity contribution is 0.102. The Hall–Kier alpha value is -3.22. The van der Waals surface area contributed by atoms with Crippen molar-refractivity contribution in [2.45, 2.75) is 6.61 Å². The minimum atomic E-state index is -0.166. The molecule has 3 rings (SSSR count). The Kier molecular flexibility index (Phi) is 4.28. The van der Waals surface area contributed by atoms with E-state index in [1.807, 2.05) is 30.3 Å². The molecule has 1 aromatic heterocycles. The lowest BCUT2D eigenvalue weighted by Gasteiger charge is -2.07. The molecule has 0 aliphatic heterocycles. The van der Waals surface area contributed by atoms with Crippen molar-refractivity contribution in [2.75, 3.05) is 5.32 Å². The molecule has 0 spiro atoms. The predicted octanol–water partition coefficient (Wildman–Crippen LogP) is 2.04. The van der Waals surface area contributed by atoms with Gasteiger partial charge in [0.05, 0.1) is 0 Å². The third-order valence-corrected chi connectivity index (χ3v) is 3.22. The maximum Gasteiger partial charge on any atom is 0.255 e. The second-order valence-electron chi connectivity index (χ2n) is 4.85. The number of hydrogen-bond donors (Lipinski definition) is 1. The van der Waals surface area contributed by atoms with Crippen molar-refractivity contribution in [2.24, 2.45) is 7.05 Å². The molecule has 0 saturated heterocycles. The van der Waals surface area contributed by atoms with Crippen LogP contribution in [0.25, 0.3) is 0 Å². The van der Waals surface area contributed by atoms with Gasteiger partial charge in [-0.15, -0.1) is 5.10 Å². The molecule has 0 radical (unpaired) electrons. The maximum absolute atomic E-state index is 12.1. The number of amides is 1. The van der Waals surface area contributed by atoms with E-state index in [1.54, 1.807) is 36.0 Å². The molecule has 0 bridgehead atoms. The zero-order valence-corrected chi connectivity index (χ0v) is 12.5. The van der Waals surface area contributed by atoms with Crippen molar-refractivity contribution in [3.05, 3.63) is 66.0 Å². The van der Waals surface area contributed by atoms with Crippen molar-refractivity contribution in [1.82, 2.24) is 20.2 Å². The number of benzene rings is 2. The smallest absolute Gasteiger partial charge is 0.255 e. The number of aryl methyl sites for hydroxylation is 1. The van der Waals surface area contributed by atoms with Crippen molar-refractivity contribution >= 4 is 11.6 Å². The lowest BCUT2D eigenvalue weighted by Crippen LogP contribution is -2.11. The van der Waals surface area contributed by atoms with E-state index in [0.29, 0.717) is 17.1 Å². The van der Waals surface area contributed by atoms with E-state index in [2.05, 4.69) is 20.8 Å². The number of aromatic nitrogens is 4. The molecule has 0 unspecified atom stereocenters. The average Bonchev–Trinajstić information content (AvgIpc) is 2.99. The molecular weight excluding hydrogens is 294 g/mol. The molecule has 3 aromatic rings. The largest absolute Gasteiger partial charge is 0.486 e. The number of carbonyl (C=O) groups is 1. The summed E-state index contributed by atoms with van der Waals surface area (Å²) < 4.78 is 7.13. The van der Waals surface area contributed by atoms with Crippen LogP contribution >= 0.6 is 0 Å². The SMILES string of the molecule is Cn1nnnc1COc1ccc(C(=O)Nc2ccccc2)cc1. The number of nitrogens with one attached hydrogen (secondary N) is 1.